The van der Waals surface area contributed by atoms with Crippen molar-refractivity contribution in [3.8, 4) is 0 Å². The van der Waals surface area contributed by atoms with Crippen LogP contribution in [-0.4, -0.2) is 51.1 Å². The normalized spacial score (nSPS) is 33.2. The topological polar surface area (TPSA) is 66.5 Å². The molecule has 1 saturated heterocycles. The molecule has 0 bridgehead atoms. The minimum Gasteiger partial charge on any atom is -0.340 e. The molecule has 2 aliphatic rings. The van der Waals surface area contributed by atoms with Gasteiger partial charge in [0, 0.05) is 29.4 Å². The minimum atomic E-state index is -0.956. The lowest BCUT2D eigenvalue weighted by atomic mass is 9.89. The highest BCUT2D eigenvalue weighted by atomic mass is 32.2. The van der Waals surface area contributed by atoms with Crippen LogP contribution in [0, 0.1) is 5.92 Å². The SMILES string of the molecule is CCC1C(=O)NC(C)(C2CC2)C(=O)N1CCS(C)=O. The standard InChI is InChI=1S/C13H22N2O3S/c1-4-10-11(16)14-13(2,9-5-6-9)12(17)15(10)7-8-19(3)18/h9-10H,4-8H2,1-3H3,(H,14,16). The number of rotatable bonds is 5. The molecule has 0 aromatic heterocycles. The monoisotopic (exact) mass is 286 g/mol. The lowest BCUT2D eigenvalue weighted by molar-refractivity contribution is -0.155. The van der Waals surface area contributed by atoms with Crippen LogP contribution < -0.4 is 5.32 Å². The first-order valence-electron chi connectivity index (χ1n) is 6.83. The van der Waals surface area contributed by atoms with Gasteiger partial charge in [0.15, 0.2) is 0 Å². The zero-order valence-corrected chi connectivity index (χ0v) is 12.6. The molecule has 3 atom stereocenters. The number of carbonyl (C=O) groups excluding carboxylic acids is 2. The fourth-order valence-electron chi connectivity index (χ4n) is 2.80. The van der Waals surface area contributed by atoms with E-state index in [9.17, 15) is 13.8 Å². The van der Waals surface area contributed by atoms with E-state index in [0.29, 0.717) is 18.7 Å². The van der Waals surface area contributed by atoms with Gasteiger partial charge in [0.25, 0.3) is 0 Å². The van der Waals surface area contributed by atoms with E-state index >= 15 is 0 Å². The summed E-state index contributed by atoms with van der Waals surface area (Å²) in [5.74, 6) is 0.609. The molecule has 1 aliphatic carbocycles. The van der Waals surface area contributed by atoms with Gasteiger partial charge in [-0.1, -0.05) is 6.92 Å². The lowest BCUT2D eigenvalue weighted by Crippen LogP contribution is -2.70. The van der Waals surface area contributed by atoms with Gasteiger partial charge in [-0.15, -0.1) is 0 Å². The Balaban J connectivity index is 2.20. The Labute approximate surface area is 116 Å². The highest BCUT2D eigenvalue weighted by molar-refractivity contribution is 7.84. The van der Waals surface area contributed by atoms with Gasteiger partial charge >= 0.3 is 0 Å². The molecule has 1 aliphatic heterocycles. The third kappa shape index (κ3) is 2.68. The number of carbonyl (C=O) groups is 2. The number of hydrogen-bond donors (Lipinski definition) is 1. The van der Waals surface area contributed by atoms with Gasteiger partial charge in [0.2, 0.25) is 11.8 Å². The number of nitrogens with zero attached hydrogens (tertiary/aromatic N) is 1. The molecule has 1 heterocycles. The third-order valence-corrected chi connectivity index (χ3v) is 4.92. The van der Waals surface area contributed by atoms with E-state index in [-0.39, 0.29) is 17.7 Å². The van der Waals surface area contributed by atoms with Crippen molar-refractivity contribution in [2.75, 3.05) is 18.6 Å². The smallest absolute Gasteiger partial charge is 0.249 e. The first-order chi connectivity index (χ1) is 8.90. The molecule has 6 heteroatoms. The minimum absolute atomic E-state index is 0.00750. The Kier molecular flexibility index (Phi) is 3.99. The highest BCUT2D eigenvalue weighted by Gasteiger charge is 2.54. The van der Waals surface area contributed by atoms with Crippen LogP contribution in [0.3, 0.4) is 0 Å². The summed E-state index contributed by atoms with van der Waals surface area (Å²) in [5.41, 5.74) is -0.752. The van der Waals surface area contributed by atoms with Crippen LogP contribution in [-0.2, 0) is 20.4 Å². The van der Waals surface area contributed by atoms with Gasteiger partial charge in [0.05, 0.1) is 0 Å². The number of amides is 2. The first-order valence-corrected chi connectivity index (χ1v) is 8.56. The maximum Gasteiger partial charge on any atom is 0.249 e. The molecular weight excluding hydrogens is 264 g/mol. The van der Waals surface area contributed by atoms with Crippen LogP contribution >= 0.6 is 0 Å². The van der Waals surface area contributed by atoms with Crippen molar-refractivity contribution >= 4 is 22.6 Å². The van der Waals surface area contributed by atoms with Crippen LogP contribution in [0.4, 0.5) is 0 Å². The van der Waals surface area contributed by atoms with Crippen LogP contribution in [0.2, 0.25) is 0 Å². The fourth-order valence-corrected chi connectivity index (χ4v) is 3.26. The fraction of sp³-hybridized carbons (Fsp3) is 0.846. The molecule has 2 fully saturated rings. The van der Waals surface area contributed by atoms with Crippen molar-refractivity contribution < 1.29 is 13.8 Å². The van der Waals surface area contributed by atoms with Crippen molar-refractivity contribution in [2.24, 2.45) is 5.92 Å². The van der Waals surface area contributed by atoms with Gasteiger partial charge in [-0.3, -0.25) is 13.8 Å². The van der Waals surface area contributed by atoms with Crippen molar-refractivity contribution in [1.82, 2.24) is 10.2 Å². The first kappa shape index (κ1) is 14.5. The Morgan fingerprint density at radius 2 is 2.05 bits per heavy atom. The van der Waals surface area contributed by atoms with Crippen molar-refractivity contribution in [1.29, 1.82) is 0 Å². The summed E-state index contributed by atoms with van der Waals surface area (Å²) in [6, 6.07) is -0.414. The lowest BCUT2D eigenvalue weighted by Gasteiger charge is -2.44. The van der Waals surface area contributed by atoms with Crippen LogP contribution in [0.1, 0.15) is 33.1 Å². The average Bonchev–Trinajstić information content (AvgIpc) is 3.15. The molecule has 1 saturated carbocycles. The van der Waals surface area contributed by atoms with Gasteiger partial charge in [0.1, 0.15) is 11.6 Å². The number of hydrogen-bond acceptors (Lipinski definition) is 3. The largest absolute Gasteiger partial charge is 0.340 e. The molecule has 1 N–H and O–H groups in total. The Bertz CT molecular complexity index is 422. The predicted octanol–water partition coefficient (Wildman–Crippen LogP) is 0.271. The molecule has 0 aromatic rings. The summed E-state index contributed by atoms with van der Waals surface area (Å²) >= 11 is 0. The Morgan fingerprint density at radius 1 is 1.42 bits per heavy atom. The maximum absolute atomic E-state index is 12.7. The second-order valence-electron chi connectivity index (χ2n) is 5.67. The molecule has 0 radical (unpaired) electrons. The molecule has 108 valence electrons. The number of nitrogens with one attached hydrogen (secondary N) is 1. The van der Waals surface area contributed by atoms with Gasteiger partial charge in [-0.05, 0) is 32.1 Å². The number of piperazine rings is 1. The summed E-state index contributed by atoms with van der Waals surface area (Å²) in [5, 5.41) is 2.92. The van der Waals surface area contributed by atoms with E-state index in [1.54, 1.807) is 11.2 Å². The van der Waals surface area contributed by atoms with E-state index < -0.39 is 22.4 Å². The molecule has 2 amide bonds. The quantitative estimate of drug-likeness (QED) is 0.789. The zero-order chi connectivity index (χ0) is 14.2. The zero-order valence-electron chi connectivity index (χ0n) is 11.8. The molecule has 0 spiro atoms. The molecule has 2 rings (SSSR count). The van der Waals surface area contributed by atoms with Crippen LogP contribution in [0.15, 0.2) is 0 Å². The van der Waals surface area contributed by atoms with Gasteiger partial charge < -0.3 is 10.2 Å². The van der Waals surface area contributed by atoms with Gasteiger partial charge in [-0.25, -0.2) is 0 Å². The van der Waals surface area contributed by atoms with E-state index in [2.05, 4.69) is 5.32 Å². The molecular formula is C13H22N2O3S. The molecule has 19 heavy (non-hydrogen) atoms. The summed E-state index contributed by atoms with van der Waals surface area (Å²) in [4.78, 5) is 26.5. The summed E-state index contributed by atoms with van der Waals surface area (Å²) < 4.78 is 11.2. The molecule has 0 aromatic carbocycles. The van der Waals surface area contributed by atoms with E-state index in [4.69, 9.17) is 0 Å². The Hall–Kier alpha value is -0.910. The van der Waals surface area contributed by atoms with Crippen molar-refractivity contribution in [3.63, 3.8) is 0 Å². The second-order valence-corrected chi connectivity index (χ2v) is 7.22. The third-order valence-electron chi connectivity index (χ3n) is 4.17. The van der Waals surface area contributed by atoms with Gasteiger partial charge in [-0.2, -0.15) is 0 Å². The highest BCUT2D eigenvalue weighted by Crippen LogP contribution is 2.42. The second kappa shape index (κ2) is 5.23. The van der Waals surface area contributed by atoms with E-state index in [0.717, 1.165) is 12.8 Å². The summed E-state index contributed by atoms with van der Waals surface area (Å²) in [6.07, 6.45) is 4.20. The predicted molar refractivity (Wildman–Crippen MR) is 74.0 cm³/mol. The van der Waals surface area contributed by atoms with Crippen LogP contribution in [0.25, 0.3) is 0 Å². The summed E-state index contributed by atoms with van der Waals surface area (Å²) in [7, 11) is -0.956. The molecule has 3 unspecified atom stereocenters. The summed E-state index contributed by atoms with van der Waals surface area (Å²) in [6.45, 7) is 4.12. The van der Waals surface area contributed by atoms with Crippen molar-refractivity contribution in [3.05, 3.63) is 0 Å². The Morgan fingerprint density at radius 3 is 2.53 bits per heavy atom. The van der Waals surface area contributed by atoms with Crippen LogP contribution in [0.5, 0.6) is 0 Å². The molecule has 5 nitrogen and oxygen atoms in total. The van der Waals surface area contributed by atoms with Crippen molar-refractivity contribution in [2.45, 2.75) is 44.7 Å². The van der Waals surface area contributed by atoms with E-state index in [1.807, 2.05) is 13.8 Å². The maximum atomic E-state index is 12.7. The van der Waals surface area contributed by atoms with E-state index in [1.165, 1.54) is 0 Å². The average molecular weight is 286 g/mol.